The summed E-state index contributed by atoms with van der Waals surface area (Å²) in [4.78, 5) is 12.1. The molecule has 0 aromatic heterocycles. The van der Waals surface area contributed by atoms with Crippen LogP contribution < -0.4 is 10.6 Å². The molecule has 1 aliphatic heterocycles. The van der Waals surface area contributed by atoms with Gasteiger partial charge in [0.25, 0.3) is 5.91 Å². The normalized spacial score (nSPS) is 19.1. The van der Waals surface area contributed by atoms with Gasteiger partial charge >= 0.3 is 6.18 Å². The third kappa shape index (κ3) is 4.61. The van der Waals surface area contributed by atoms with Crippen LogP contribution in [0.4, 0.5) is 13.2 Å². The van der Waals surface area contributed by atoms with Crippen LogP contribution in [0.3, 0.4) is 0 Å². The van der Waals surface area contributed by atoms with Gasteiger partial charge in [-0.25, -0.2) is 0 Å². The zero-order chi connectivity index (χ0) is 15.7. The second-order valence-electron chi connectivity index (χ2n) is 6.11. The molecule has 1 saturated carbocycles. The maximum Gasteiger partial charge on any atom is 0.416 e. The molecule has 3 rings (SSSR count). The fourth-order valence-electron chi connectivity index (χ4n) is 2.83. The summed E-state index contributed by atoms with van der Waals surface area (Å²) in [6.07, 6.45) is -1.02. The molecule has 7 heteroatoms. The number of alkyl halides is 3. The number of nitrogens with one attached hydrogen (secondary N) is 2. The smallest absolute Gasteiger partial charge is 0.349 e. The van der Waals surface area contributed by atoms with E-state index in [9.17, 15) is 18.0 Å². The molecule has 0 bridgehead atoms. The van der Waals surface area contributed by atoms with Crippen LogP contribution in [0, 0.1) is 0 Å². The van der Waals surface area contributed by atoms with Gasteiger partial charge in [-0.05, 0) is 68.5 Å². The van der Waals surface area contributed by atoms with Gasteiger partial charge < -0.3 is 10.6 Å². The lowest BCUT2D eigenvalue weighted by Crippen LogP contribution is -2.28. The van der Waals surface area contributed by atoms with Crippen molar-refractivity contribution in [1.29, 1.82) is 0 Å². The summed E-state index contributed by atoms with van der Waals surface area (Å²) < 4.78 is 39.3. The first-order valence-corrected chi connectivity index (χ1v) is 7.67. The highest BCUT2D eigenvalue weighted by molar-refractivity contribution is 5.95. The fourth-order valence-corrected chi connectivity index (χ4v) is 2.83. The Morgan fingerprint density at radius 3 is 2.30 bits per heavy atom. The van der Waals surface area contributed by atoms with Crippen LogP contribution in [-0.2, 0) is 6.18 Å². The van der Waals surface area contributed by atoms with Gasteiger partial charge in [-0.15, -0.1) is 12.4 Å². The summed E-state index contributed by atoms with van der Waals surface area (Å²) in [6, 6.07) is 3.92. The number of rotatable bonds is 3. The highest BCUT2D eigenvalue weighted by atomic mass is 35.5. The Morgan fingerprint density at radius 2 is 1.74 bits per heavy atom. The lowest BCUT2D eigenvalue weighted by atomic mass is 9.88. The molecule has 1 amide bonds. The molecule has 1 aromatic rings. The van der Waals surface area contributed by atoms with Crippen LogP contribution in [0.2, 0.25) is 0 Å². The van der Waals surface area contributed by atoms with Crippen molar-refractivity contribution in [3.8, 4) is 0 Å². The zero-order valence-electron chi connectivity index (χ0n) is 12.6. The summed E-state index contributed by atoms with van der Waals surface area (Å²) in [6.45, 7) is 1.59. The van der Waals surface area contributed by atoms with Crippen molar-refractivity contribution in [3.63, 3.8) is 0 Å². The Balaban J connectivity index is 0.00000192. The van der Waals surface area contributed by atoms with E-state index < -0.39 is 17.6 Å². The predicted molar refractivity (Wildman–Crippen MR) is 84.0 cm³/mol. The Morgan fingerprint density at radius 1 is 1.09 bits per heavy atom. The van der Waals surface area contributed by atoms with Gasteiger partial charge in [0, 0.05) is 11.6 Å². The number of amides is 1. The van der Waals surface area contributed by atoms with Crippen molar-refractivity contribution in [1.82, 2.24) is 10.6 Å². The Labute approximate surface area is 139 Å². The SMILES string of the molecule is Cl.O=C(NC1CC1)c1cc(C2CCNCC2)cc(C(F)(F)F)c1. The molecule has 0 spiro atoms. The minimum Gasteiger partial charge on any atom is -0.349 e. The molecule has 2 fully saturated rings. The second kappa shape index (κ2) is 7.09. The maximum atomic E-state index is 13.1. The van der Waals surface area contributed by atoms with Gasteiger partial charge in [0.2, 0.25) is 0 Å². The second-order valence-corrected chi connectivity index (χ2v) is 6.11. The molecule has 0 unspecified atom stereocenters. The summed E-state index contributed by atoms with van der Waals surface area (Å²) >= 11 is 0. The van der Waals surface area contributed by atoms with Gasteiger partial charge in [-0.1, -0.05) is 0 Å². The lowest BCUT2D eigenvalue weighted by Gasteiger charge is -2.24. The largest absolute Gasteiger partial charge is 0.416 e. The van der Waals surface area contributed by atoms with E-state index in [1.165, 1.54) is 6.07 Å². The molecule has 1 aliphatic carbocycles. The Hall–Kier alpha value is -1.27. The van der Waals surface area contributed by atoms with Crippen molar-refractivity contribution in [2.45, 2.75) is 43.8 Å². The van der Waals surface area contributed by atoms with Crippen LogP contribution in [-0.4, -0.2) is 25.0 Å². The number of hydrogen-bond donors (Lipinski definition) is 2. The van der Waals surface area contributed by atoms with Crippen molar-refractivity contribution in [2.24, 2.45) is 0 Å². The predicted octanol–water partition coefficient (Wildman–Crippen LogP) is 3.49. The Kier molecular flexibility index (Phi) is 5.57. The van der Waals surface area contributed by atoms with Crippen LogP contribution in [0.1, 0.15) is 53.1 Å². The minimum atomic E-state index is -4.43. The molecular weight excluding hydrogens is 329 g/mol. The first kappa shape index (κ1) is 18.1. The van der Waals surface area contributed by atoms with E-state index in [4.69, 9.17) is 0 Å². The zero-order valence-corrected chi connectivity index (χ0v) is 13.4. The molecule has 1 heterocycles. The number of halogens is 4. The molecule has 23 heavy (non-hydrogen) atoms. The quantitative estimate of drug-likeness (QED) is 0.878. The summed E-state index contributed by atoms with van der Waals surface area (Å²) in [7, 11) is 0. The van der Waals surface area contributed by atoms with E-state index in [1.807, 2.05) is 0 Å². The van der Waals surface area contributed by atoms with Crippen LogP contribution >= 0.6 is 12.4 Å². The van der Waals surface area contributed by atoms with Crippen molar-refractivity contribution in [3.05, 3.63) is 34.9 Å². The van der Waals surface area contributed by atoms with Crippen LogP contribution in [0.5, 0.6) is 0 Å². The number of piperidine rings is 1. The topological polar surface area (TPSA) is 41.1 Å². The van der Waals surface area contributed by atoms with Gasteiger partial charge in [-0.3, -0.25) is 4.79 Å². The first-order valence-electron chi connectivity index (χ1n) is 7.67. The molecular formula is C16H20ClF3N2O. The summed E-state index contributed by atoms with van der Waals surface area (Å²) in [5.41, 5.74) is 0.0111. The molecule has 128 valence electrons. The van der Waals surface area contributed by atoms with Crippen molar-refractivity contribution >= 4 is 18.3 Å². The van der Waals surface area contributed by atoms with Crippen LogP contribution in [0.15, 0.2) is 18.2 Å². The minimum absolute atomic E-state index is 0. The highest BCUT2D eigenvalue weighted by Crippen LogP contribution is 2.34. The van der Waals surface area contributed by atoms with Gasteiger partial charge in [-0.2, -0.15) is 13.2 Å². The lowest BCUT2D eigenvalue weighted by molar-refractivity contribution is -0.137. The number of carbonyl (C=O) groups is 1. The van der Waals surface area contributed by atoms with Gasteiger partial charge in [0.05, 0.1) is 5.56 Å². The molecule has 3 nitrogen and oxygen atoms in total. The van der Waals surface area contributed by atoms with E-state index in [0.717, 1.165) is 44.8 Å². The number of hydrogen-bond acceptors (Lipinski definition) is 2. The van der Waals surface area contributed by atoms with Crippen LogP contribution in [0.25, 0.3) is 0 Å². The van der Waals surface area contributed by atoms with E-state index in [2.05, 4.69) is 10.6 Å². The first-order chi connectivity index (χ1) is 10.4. The van der Waals surface area contributed by atoms with Crippen molar-refractivity contribution < 1.29 is 18.0 Å². The molecule has 2 aliphatic rings. The third-order valence-corrected chi connectivity index (χ3v) is 4.27. The molecule has 0 radical (unpaired) electrons. The molecule has 1 aromatic carbocycles. The van der Waals surface area contributed by atoms with E-state index in [0.29, 0.717) is 5.56 Å². The molecule has 2 N–H and O–H groups in total. The highest BCUT2D eigenvalue weighted by Gasteiger charge is 2.33. The standard InChI is InChI=1S/C16H19F3N2O.ClH/c17-16(18,19)13-8-11(10-3-5-20-6-4-10)7-12(9-13)15(22)21-14-1-2-14;/h7-10,14,20H,1-6H2,(H,21,22);1H. The summed E-state index contributed by atoms with van der Waals surface area (Å²) in [5.74, 6) is -0.320. The van der Waals surface area contributed by atoms with E-state index in [1.54, 1.807) is 6.07 Å². The van der Waals surface area contributed by atoms with Gasteiger partial charge in [0.15, 0.2) is 0 Å². The number of carbonyl (C=O) groups excluding carboxylic acids is 1. The summed E-state index contributed by atoms with van der Waals surface area (Å²) in [5, 5.41) is 5.96. The van der Waals surface area contributed by atoms with Crippen molar-refractivity contribution in [2.75, 3.05) is 13.1 Å². The molecule has 1 saturated heterocycles. The average Bonchev–Trinajstić information content (AvgIpc) is 3.31. The third-order valence-electron chi connectivity index (χ3n) is 4.27. The monoisotopic (exact) mass is 348 g/mol. The molecule has 0 atom stereocenters. The number of benzene rings is 1. The Bertz CT molecular complexity index is 567. The average molecular weight is 349 g/mol. The van der Waals surface area contributed by atoms with Gasteiger partial charge in [0.1, 0.15) is 0 Å². The van der Waals surface area contributed by atoms with E-state index >= 15 is 0 Å². The maximum absolute atomic E-state index is 13.1. The van der Waals surface area contributed by atoms with E-state index in [-0.39, 0.29) is 29.9 Å². The fraction of sp³-hybridized carbons (Fsp3) is 0.562.